The Bertz CT molecular complexity index is 438. The number of rotatable bonds is 7. The molecule has 0 fully saturated rings. The van der Waals surface area contributed by atoms with Gasteiger partial charge < -0.3 is 25.8 Å². The number of esters is 1. The van der Waals surface area contributed by atoms with Crippen molar-refractivity contribution in [2.24, 2.45) is 5.73 Å². The Balaban J connectivity index is 3.88. The maximum Gasteiger partial charge on any atom is 0.407 e. The summed E-state index contributed by atoms with van der Waals surface area (Å²) in [5, 5.41) is 5.16. The minimum absolute atomic E-state index is 0.104. The lowest BCUT2D eigenvalue weighted by Crippen LogP contribution is -2.39. The normalized spacial score (nSPS) is 13.0. The van der Waals surface area contributed by atoms with Crippen molar-refractivity contribution in [2.45, 2.75) is 71.6 Å². The molecule has 0 bridgehead atoms. The monoisotopic (exact) mass is 345 g/mol. The van der Waals surface area contributed by atoms with Crippen LogP contribution in [0.1, 0.15) is 54.4 Å². The predicted octanol–water partition coefficient (Wildman–Crippen LogP) is 1.08. The van der Waals surface area contributed by atoms with Crippen molar-refractivity contribution in [3.05, 3.63) is 0 Å². The number of hydrogen-bond donors (Lipinski definition) is 3. The van der Waals surface area contributed by atoms with Crippen LogP contribution < -0.4 is 16.4 Å². The van der Waals surface area contributed by atoms with E-state index in [4.69, 9.17) is 15.2 Å². The van der Waals surface area contributed by atoms with Gasteiger partial charge in [0.05, 0.1) is 0 Å². The van der Waals surface area contributed by atoms with Crippen molar-refractivity contribution in [3.8, 4) is 0 Å². The Labute approximate surface area is 143 Å². The molecule has 140 valence electrons. The topological polar surface area (TPSA) is 120 Å². The highest BCUT2D eigenvalue weighted by Crippen LogP contribution is 2.09. The zero-order valence-electron chi connectivity index (χ0n) is 15.5. The Hall–Kier alpha value is -1.83. The highest BCUT2D eigenvalue weighted by Gasteiger charge is 2.22. The predicted molar refractivity (Wildman–Crippen MR) is 90.3 cm³/mol. The molecule has 0 saturated heterocycles. The van der Waals surface area contributed by atoms with Crippen LogP contribution in [0.5, 0.6) is 0 Å². The number of hydrogen-bond acceptors (Lipinski definition) is 6. The van der Waals surface area contributed by atoms with Gasteiger partial charge in [-0.15, -0.1) is 0 Å². The molecule has 0 aliphatic rings. The van der Waals surface area contributed by atoms with Crippen molar-refractivity contribution in [2.75, 3.05) is 13.1 Å². The molecule has 0 aliphatic heterocycles. The van der Waals surface area contributed by atoms with E-state index in [-0.39, 0.29) is 31.8 Å². The number of amides is 2. The van der Waals surface area contributed by atoms with Crippen molar-refractivity contribution in [1.82, 2.24) is 10.6 Å². The summed E-state index contributed by atoms with van der Waals surface area (Å²) in [6.45, 7) is 11.1. The van der Waals surface area contributed by atoms with Crippen LogP contribution in [0, 0.1) is 0 Å². The lowest BCUT2D eigenvalue weighted by molar-refractivity contribution is -0.156. The van der Waals surface area contributed by atoms with Crippen LogP contribution in [0.4, 0.5) is 4.79 Å². The first-order valence-electron chi connectivity index (χ1n) is 8.02. The van der Waals surface area contributed by atoms with E-state index in [0.29, 0.717) is 0 Å². The summed E-state index contributed by atoms with van der Waals surface area (Å²) in [6.07, 6.45) is -0.240. The standard InChI is InChI=1S/C16H31N3O5/c1-15(2,3)23-13(21)11(17)7-8-12(20)18-9-10-19-14(22)24-16(4,5)6/h11H,7-10,17H2,1-6H3,(H,18,20)(H,19,22)/t11-/m0/s1. The van der Waals surface area contributed by atoms with Crippen molar-refractivity contribution < 1.29 is 23.9 Å². The molecule has 8 nitrogen and oxygen atoms in total. The molecule has 1 atom stereocenters. The first kappa shape index (κ1) is 22.2. The van der Waals surface area contributed by atoms with E-state index in [1.165, 1.54) is 0 Å². The summed E-state index contributed by atoms with van der Waals surface area (Å²) < 4.78 is 10.2. The average molecular weight is 345 g/mol. The van der Waals surface area contributed by atoms with E-state index in [9.17, 15) is 14.4 Å². The summed E-state index contributed by atoms with van der Waals surface area (Å²) in [5.41, 5.74) is 4.53. The van der Waals surface area contributed by atoms with Gasteiger partial charge in [0.2, 0.25) is 5.91 Å². The summed E-state index contributed by atoms with van der Waals surface area (Å²) in [6, 6.07) is -0.838. The second kappa shape index (κ2) is 9.46. The number of carbonyl (C=O) groups is 3. The molecule has 0 aromatic rings. The fourth-order valence-corrected chi connectivity index (χ4v) is 1.55. The molecule has 2 amide bonds. The Kier molecular flexibility index (Phi) is 8.74. The molecule has 24 heavy (non-hydrogen) atoms. The van der Waals surface area contributed by atoms with Gasteiger partial charge >= 0.3 is 12.1 Å². The second-order valence-corrected chi connectivity index (χ2v) is 7.46. The molecule has 4 N–H and O–H groups in total. The number of carbonyl (C=O) groups excluding carboxylic acids is 3. The molecule has 0 radical (unpaired) electrons. The molecule has 0 rings (SSSR count). The third-order valence-corrected chi connectivity index (χ3v) is 2.51. The lowest BCUT2D eigenvalue weighted by atomic mass is 10.1. The Morgan fingerprint density at radius 2 is 1.42 bits per heavy atom. The van der Waals surface area contributed by atoms with E-state index in [1.54, 1.807) is 41.5 Å². The van der Waals surface area contributed by atoms with E-state index in [1.807, 2.05) is 0 Å². The summed E-state index contributed by atoms with van der Waals surface area (Å²) >= 11 is 0. The zero-order valence-corrected chi connectivity index (χ0v) is 15.5. The number of alkyl carbamates (subject to hydrolysis) is 1. The van der Waals surface area contributed by atoms with Crippen LogP contribution in [0.2, 0.25) is 0 Å². The molecule has 0 spiro atoms. The SMILES string of the molecule is CC(C)(C)OC(=O)NCCNC(=O)CC[C@H](N)C(=O)OC(C)(C)C. The van der Waals surface area contributed by atoms with Gasteiger partial charge in [-0.05, 0) is 48.0 Å². The van der Waals surface area contributed by atoms with Gasteiger partial charge in [0.15, 0.2) is 0 Å². The van der Waals surface area contributed by atoms with Gasteiger partial charge in [-0.1, -0.05) is 0 Å². The van der Waals surface area contributed by atoms with Gasteiger partial charge in [-0.3, -0.25) is 9.59 Å². The minimum Gasteiger partial charge on any atom is -0.459 e. The summed E-state index contributed by atoms with van der Waals surface area (Å²) in [7, 11) is 0. The average Bonchev–Trinajstić information content (AvgIpc) is 2.37. The van der Waals surface area contributed by atoms with E-state index < -0.39 is 29.3 Å². The van der Waals surface area contributed by atoms with Gasteiger partial charge in [0.25, 0.3) is 0 Å². The van der Waals surface area contributed by atoms with E-state index in [2.05, 4.69) is 10.6 Å². The first-order valence-corrected chi connectivity index (χ1v) is 8.02. The van der Waals surface area contributed by atoms with Gasteiger partial charge in [0.1, 0.15) is 17.2 Å². The number of nitrogens with two attached hydrogens (primary N) is 1. The molecular weight excluding hydrogens is 314 g/mol. The van der Waals surface area contributed by atoms with E-state index in [0.717, 1.165) is 0 Å². The Morgan fingerprint density at radius 3 is 1.92 bits per heavy atom. The highest BCUT2D eigenvalue weighted by atomic mass is 16.6. The van der Waals surface area contributed by atoms with Crippen molar-refractivity contribution in [3.63, 3.8) is 0 Å². The van der Waals surface area contributed by atoms with Gasteiger partial charge in [0, 0.05) is 19.5 Å². The molecule has 0 aliphatic carbocycles. The number of ether oxygens (including phenoxy) is 2. The first-order chi connectivity index (χ1) is 10.8. The van der Waals surface area contributed by atoms with Crippen molar-refractivity contribution in [1.29, 1.82) is 0 Å². The fourth-order valence-electron chi connectivity index (χ4n) is 1.55. The second-order valence-electron chi connectivity index (χ2n) is 7.46. The molecule has 8 heteroatoms. The highest BCUT2D eigenvalue weighted by molar-refractivity contribution is 5.79. The van der Waals surface area contributed by atoms with Crippen LogP contribution in [-0.4, -0.2) is 48.3 Å². The molecule has 0 heterocycles. The van der Waals surface area contributed by atoms with Crippen LogP contribution in [0.25, 0.3) is 0 Å². The smallest absolute Gasteiger partial charge is 0.407 e. The molecular formula is C16H31N3O5. The fraction of sp³-hybridized carbons (Fsp3) is 0.812. The maximum absolute atomic E-state index is 11.7. The quantitative estimate of drug-likeness (QED) is 0.469. The minimum atomic E-state index is -0.838. The van der Waals surface area contributed by atoms with Gasteiger partial charge in [-0.25, -0.2) is 4.79 Å². The largest absolute Gasteiger partial charge is 0.459 e. The van der Waals surface area contributed by atoms with Crippen LogP contribution in [0.3, 0.4) is 0 Å². The molecule has 0 saturated carbocycles. The third-order valence-electron chi connectivity index (χ3n) is 2.51. The van der Waals surface area contributed by atoms with Crippen molar-refractivity contribution >= 4 is 18.0 Å². The van der Waals surface area contributed by atoms with Crippen LogP contribution in [-0.2, 0) is 19.1 Å². The Morgan fingerprint density at radius 1 is 0.917 bits per heavy atom. The van der Waals surface area contributed by atoms with E-state index >= 15 is 0 Å². The molecule has 0 aromatic carbocycles. The zero-order chi connectivity index (χ0) is 19.0. The molecule has 0 unspecified atom stereocenters. The third kappa shape index (κ3) is 12.7. The summed E-state index contributed by atoms with van der Waals surface area (Å²) in [5.74, 6) is -0.776. The number of nitrogens with one attached hydrogen (secondary N) is 2. The van der Waals surface area contributed by atoms with Crippen LogP contribution >= 0.6 is 0 Å². The molecule has 0 aromatic heterocycles. The summed E-state index contributed by atoms with van der Waals surface area (Å²) in [4.78, 5) is 34.7. The lowest BCUT2D eigenvalue weighted by Gasteiger charge is -2.22. The van der Waals surface area contributed by atoms with Gasteiger partial charge in [-0.2, -0.15) is 0 Å². The van der Waals surface area contributed by atoms with Crippen LogP contribution in [0.15, 0.2) is 0 Å². The maximum atomic E-state index is 11.7.